The molecule has 0 aliphatic heterocycles. The lowest BCUT2D eigenvalue weighted by Crippen LogP contribution is -2.26. The summed E-state index contributed by atoms with van der Waals surface area (Å²) in [7, 11) is 0. The quantitative estimate of drug-likeness (QED) is 0.472. The van der Waals surface area contributed by atoms with Gasteiger partial charge in [-0.25, -0.2) is 0 Å². The van der Waals surface area contributed by atoms with E-state index in [1.165, 1.54) is 17.8 Å². The van der Waals surface area contributed by atoms with Crippen molar-refractivity contribution in [2.24, 2.45) is 39.9 Å². The van der Waals surface area contributed by atoms with Crippen LogP contribution in [0.15, 0.2) is 0 Å². The fraction of sp³-hybridized carbons (Fsp3) is 1.00. The minimum atomic E-state index is 0.891. The molecule has 7 unspecified atom stereocenters. The average Bonchev–Trinajstić information content (AvgIpc) is 2.21. The summed E-state index contributed by atoms with van der Waals surface area (Å²) in [6, 6.07) is 0. The Morgan fingerprint density at radius 3 is 2.20 bits per heavy atom. The van der Waals surface area contributed by atoms with Crippen molar-refractivity contribution in [3.63, 3.8) is 0 Å². The van der Waals surface area contributed by atoms with Gasteiger partial charge >= 0.3 is 0 Å². The second-order valence-electron chi connectivity index (χ2n) is 5.82. The molecule has 0 saturated heterocycles. The average molecular weight is 132 g/mol. The summed E-state index contributed by atoms with van der Waals surface area (Å²) in [6.45, 7) is 5.12. The zero-order valence-corrected chi connectivity index (χ0v) is 6.52. The molecule has 7 fully saturated rings. The number of hydrogen-bond acceptors (Lipinski definition) is 0. The molecule has 0 aromatic rings. The van der Waals surface area contributed by atoms with Crippen LogP contribution >= 0.6 is 0 Å². The second-order valence-corrected chi connectivity index (χ2v) is 5.82. The van der Waals surface area contributed by atoms with Gasteiger partial charge in [0.2, 0.25) is 0 Å². The van der Waals surface area contributed by atoms with E-state index in [9.17, 15) is 0 Å². The van der Waals surface area contributed by atoms with Gasteiger partial charge in [0.15, 0.2) is 0 Å². The summed E-state index contributed by atoms with van der Waals surface area (Å²) < 4.78 is 0. The van der Waals surface area contributed by atoms with Crippen LogP contribution in [-0.4, -0.2) is 0 Å². The van der Waals surface area contributed by atoms with Crippen molar-refractivity contribution < 1.29 is 0 Å². The largest absolute Gasteiger partial charge is 0.0614 e. The van der Waals surface area contributed by atoms with Crippen LogP contribution in [0.3, 0.4) is 0 Å². The number of rotatable bonds is 0. The van der Waals surface area contributed by atoms with E-state index >= 15 is 0 Å². The highest BCUT2D eigenvalue weighted by molar-refractivity contribution is 5.62. The Morgan fingerprint density at radius 2 is 2.10 bits per heavy atom. The Hall–Kier alpha value is 0. The van der Waals surface area contributed by atoms with Gasteiger partial charge in [0, 0.05) is 0 Å². The fourth-order valence-electron chi connectivity index (χ4n) is 6.64. The highest BCUT2D eigenvalue weighted by Gasteiger charge is 3.16. The Kier molecular flexibility index (Phi) is 0.248. The van der Waals surface area contributed by atoms with Crippen molar-refractivity contribution in [1.82, 2.24) is 0 Å². The molecular weight excluding hydrogens is 120 g/mol. The molecule has 2 spiro atoms. The van der Waals surface area contributed by atoms with E-state index in [1.807, 2.05) is 0 Å². The molecule has 7 saturated carbocycles. The standard InChI is InChI=1S/C10H12/c1-4-8(2)6-5-7-9(4,5)3-10(6,7)8/h4-7H,3H2,1-2H3. The molecule has 7 aliphatic rings. The summed E-state index contributed by atoms with van der Waals surface area (Å²) in [5.74, 6) is 4.93. The number of hydrogen-bond donors (Lipinski definition) is 0. The van der Waals surface area contributed by atoms with E-state index in [1.54, 1.807) is 6.42 Å². The highest BCUT2D eigenvalue weighted by atomic mass is 15.2. The molecule has 0 N–H and O–H groups in total. The summed E-state index contributed by atoms with van der Waals surface area (Å²) in [6.07, 6.45) is 1.66. The molecule has 0 heterocycles. The molecule has 7 atom stereocenters. The van der Waals surface area contributed by atoms with Crippen molar-refractivity contribution in [2.75, 3.05) is 0 Å². The topological polar surface area (TPSA) is 0 Å². The third-order valence-electron chi connectivity index (χ3n) is 6.79. The fourth-order valence-corrected chi connectivity index (χ4v) is 6.64. The monoisotopic (exact) mass is 132 g/mol. The zero-order chi connectivity index (χ0) is 6.52. The maximum absolute atomic E-state index is 2.58. The van der Waals surface area contributed by atoms with Crippen LogP contribution in [0.25, 0.3) is 0 Å². The maximum atomic E-state index is 2.58. The zero-order valence-electron chi connectivity index (χ0n) is 6.52. The molecule has 0 aromatic carbocycles. The van der Waals surface area contributed by atoms with Gasteiger partial charge in [-0.2, -0.15) is 0 Å². The summed E-state index contributed by atoms with van der Waals surface area (Å²) in [4.78, 5) is 0. The van der Waals surface area contributed by atoms with Gasteiger partial charge in [-0.1, -0.05) is 13.8 Å². The van der Waals surface area contributed by atoms with E-state index in [0.717, 1.165) is 22.2 Å². The van der Waals surface area contributed by atoms with Crippen LogP contribution in [0.2, 0.25) is 0 Å². The molecule has 0 radical (unpaired) electrons. The molecule has 10 heavy (non-hydrogen) atoms. The Bertz CT molecular complexity index is 296. The first-order valence-corrected chi connectivity index (χ1v) is 4.72. The first-order valence-electron chi connectivity index (χ1n) is 4.72. The lowest BCUT2D eigenvalue weighted by Gasteiger charge is -2.31. The molecule has 0 heteroatoms. The van der Waals surface area contributed by atoms with Crippen LogP contribution < -0.4 is 0 Å². The van der Waals surface area contributed by atoms with Gasteiger partial charge in [0.1, 0.15) is 0 Å². The van der Waals surface area contributed by atoms with Gasteiger partial charge in [-0.3, -0.25) is 0 Å². The van der Waals surface area contributed by atoms with E-state index in [2.05, 4.69) is 13.8 Å². The molecule has 0 nitrogen and oxygen atoms in total. The van der Waals surface area contributed by atoms with E-state index in [4.69, 9.17) is 0 Å². The molecular formula is C10H12. The molecule has 7 rings (SSSR count). The highest BCUT2D eigenvalue weighted by Crippen LogP contribution is 3.19. The first kappa shape index (κ1) is 4.13. The molecule has 52 valence electrons. The Balaban J connectivity index is 2.04. The van der Waals surface area contributed by atoms with E-state index in [0.29, 0.717) is 0 Å². The minimum Gasteiger partial charge on any atom is -0.0614 e. The third-order valence-corrected chi connectivity index (χ3v) is 6.79. The van der Waals surface area contributed by atoms with Gasteiger partial charge in [-0.05, 0) is 46.3 Å². The van der Waals surface area contributed by atoms with Crippen molar-refractivity contribution in [3.05, 3.63) is 0 Å². The SMILES string of the molecule is CC1C23CC45C2C3C4C15C. The van der Waals surface area contributed by atoms with Crippen LogP contribution in [-0.2, 0) is 0 Å². The lowest BCUT2D eigenvalue weighted by atomic mass is 9.73. The molecule has 0 aromatic heterocycles. The van der Waals surface area contributed by atoms with Crippen LogP contribution in [0, 0.1) is 39.9 Å². The van der Waals surface area contributed by atoms with Crippen LogP contribution in [0.5, 0.6) is 0 Å². The maximum Gasteiger partial charge on any atom is -0.0159 e. The summed E-state index contributed by atoms with van der Waals surface area (Å²) >= 11 is 0. The molecule has 7 aliphatic carbocycles. The van der Waals surface area contributed by atoms with Crippen LogP contribution in [0.4, 0.5) is 0 Å². The smallest absolute Gasteiger partial charge is 0.0159 e. The first-order chi connectivity index (χ1) is 4.72. The van der Waals surface area contributed by atoms with Gasteiger partial charge in [0.05, 0.1) is 0 Å². The van der Waals surface area contributed by atoms with E-state index < -0.39 is 0 Å². The lowest BCUT2D eigenvalue weighted by molar-refractivity contribution is 0.161. The summed E-state index contributed by atoms with van der Waals surface area (Å²) in [5, 5.41) is 0. The van der Waals surface area contributed by atoms with Crippen molar-refractivity contribution in [1.29, 1.82) is 0 Å². The Labute approximate surface area is 61.0 Å². The molecule has 3 bridgehead atoms. The summed E-state index contributed by atoms with van der Waals surface area (Å²) in [5.41, 5.74) is 2.87. The van der Waals surface area contributed by atoms with Gasteiger partial charge in [-0.15, -0.1) is 0 Å². The van der Waals surface area contributed by atoms with Gasteiger partial charge < -0.3 is 0 Å². The van der Waals surface area contributed by atoms with E-state index in [-0.39, 0.29) is 0 Å². The predicted octanol–water partition coefficient (Wildman–Crippen LogP) is 1.91. The van der Waals surface area contributed by atoms with Crippen molar-refractivity contribution in [3.8, 4) is 0 Å². The Morgan fingerprint density at radius 1 is 1.30 bits per heavy atom. The third kappa shape index (κ3) is 0.105. The van der Waals surface area contributed by atoms with Crippen molar-refractivity contribution in [2.45, 2.75) is 20.3 Å². The molecule has 0 amide bonds. The second kappa shape index (κ2) is 0.599. The van der Waals surface area contributed by atoms with Crippen molar-refractivity contribution >= 4 is 0 Å². The minimum absolute atomic E-state index is 0.891. The van der Waals surface area contributed by atoms with Gasteiger partial charge in [0.25, 0.3) is 0 Å². The van der Waals surface area contributed by atoms with Crippen LogP contribution in [0.1, 0.15) is 20.3 Å². The normalized spacial score (nSPS) is 104. The predicted molar refractivity (Wildman–Crippen MR) is 37.2 cm³/mol.